The SMILES string of the molecule is Cn1cnc2ncnc(N3CCN(c4ncc(C(=O)N5CCCC5)cc4Cl)CC3)c21. The molecule has 0 unspecified atom stereocenters. The van der Waals surface area contributed by atoms with Crippen LogP contribution in [0, 0.1) is 0 Å². The fraction of sp³-hybridized carbons (Fsp3) is 0.450. The summed E-state index contributed by atoms with van der Waals surface area (Å²) in [5.41, 5.74) is 2.20. The topological polar surface area (TPSA) is 83.3 Å². The van der Waals surface area contributed by atoms with Crippen molar-refractivity contribution in [2.45, 2.75) is 12.8 Å². The number of amides is 1. The Hall–Kier alpha value is -2.94. The van der Waals surface area contributed by atoms with E-state index in [1.165, 1.54) is 0 Å². The van der Waals surface area contributed by atoms with Gasteiger partial charge < -0.3 is 19.3 Å². The van der Waals surface area contributed by atoms with Gasteiger partial charge >= 0.3 is 0 Å². The molecule has 10 heteroatoms. The molecule has 0 spiro atoms. The molecule has 5 rings (SSSR count). The van der Waals surface area contributed by atoms with Crippen LogP contribution in [0.15, 0.2) is 24.9 Å². The lowest BCUT2D eigenvalue weighted by Crippen LogP contribution is -2.47. The van der Waals surface area contributed by atoms with Crippen LogP contribution < -0.4 is 9.80 Å². The summed E-state index contributed by atoms with van der Waals surface area (Å²) in [6, 6.07) is 1.75. The number of hydrogen-bond acceptors (Lipinski definition) is 7. The number of hydrogen-bond donors (Lipinski definition) is 0. The lowest BCUT2D eigenvalue weighted by Gasteiger charge is -2.36. The third-order valence-corrected chi connectivity index (χ3v) is 6.11. The average Bonchev–Trinajstić information content (AvgIpc) is 3.44. The van der Waals surface area contributed by atoms with Crippen molar-refractivity contribution in [3.8, 4) is 0 Å². The summed E-state index contributed by atoms with van der Waals surface area (Å²) in [6.07, 6.45) is 7.09. The third-order valence-electron chi connectivity index (χ3n) is 5.83. The van der Waals surface area contributed by atoms with E-state index in [1.807, 2.05) is 16.5 Å². The Labute approximate surface area is 179 Å². The fourth-order valence-electron chi connectivity index (χ4n) is 4.21. The maximum atomic E-state index is 12.6. The minimum atomic E-state index is 0.0159. The van der Waals surface area contributed by atoms with Crippen LogP contribution in [-0.4, -0.2) is 74.6 Å². The highest BCUT2D eigenvalue weighted by Gasteiger charge is 2.25. The van der Waals surface area contributed by atoms with Crippen molar-refractivity contribution in [2.75, 3.05) is 49.1 Å². The smallest absolute Gasteiger partial charge is 0.255 e. The molecular weight excluding hydrogens is 404 g/mol. The maximum Gasteiger partial charge on any atom is 0.255 e. The molecule has 2 fully saturated rings. The highest BCUT2D eigenvalue weighted by Crippen LogP contribution is 2.28. The Bertz CT molecular complexity index is 1090. The van der Waals surface area contributed by atoms with Crippen molar-refractivity contribution < 1.29 is 4.79 Å². The van der Waals surface area contributed by atoms with Crippen molar-refractivity contribution in [3.05, 3.63) is 35.5 Å². The molecule has 0 saturated carbocycles. The molecule has 2 aliphatic rings. The van der Waals surface area contributed by atoms with Gasteiger partial charge in [0.15, 0.2) is 11.5 Å². The van der Waals surface area contributed by atoms with Gasteiger partial charge in [-0.3, -0.25) is 4.79 Å². The number of piperazine rings is 1. The van der Waals surface area contributed by atoms with Crippen molar-refractivity contribution in [1.29, 1.82) is 0 Å². The largest absolute Gasteiger partial charge is 0.352 e. The number of aromatic nitrogens is 5. The molecule has 2 aliphatic heterocycles. The first-order valence-corrected chi connectivity index (χ1v) is 10.6. The molecule has 5 heterocycles. The number of likely N-dealkylation sites (tertiary alicyclic amines) is 1. The Morgan fingerprint density at radius 1 is 0.933 bits per heavy atom. The predicted molar refractivity (Wildman–Crippen MR) is 115 cm³/mol. The molecule has 2 saturated heterocycles. The lowest BCUT2D eigenvalue weighted by molar-refractivity contribution is 0.0792. The number of carbonyl (C=O) groups is 1. The van der Waals surface area contributed by atoms with Crippen molar-refractivity contribution in [2.24, 2.45) is 7.05 Å². The molecular formula is C20H23ClN8O. The van der Waals surface area contributed by atoms with E-state index in [0.717, 1.165) is 69.3 Å². The second kappa shape index (κ2) is 7.71. The molecule has 30 heavy (non-hydrogen) atoms. The standard InChI is InChI=1S/C20H23ClN8O/c1-26-13-25-17-16(26)19(24-12-23-17)28-8-6-27(7-9-28)18-15(21)10-14(11-22-18)20(30)29-4-2-3-5-29/h10-13H,2-9H2,1H3. The molecule has 9 nitrogen and oxygen atoms in total. The van der Waals surface area contributed by atoms with Crippen molar-refractivity contribution >= 4 is 40.3 Å². The summed E-state index contributed by atoms with van der Waals surface area (Å²) in [6.45, 7) is 4.71. The molecule has 3 aromatic rings. The van der Waals surface area contributed by atoms with Gasteiger partial charge in [0.25, 0.3) is 5.91 Å². The zero-order valence-electron chi connectivity index (χ0n) is 16.8. The molecule has 3 aromatic heterocycles. The minimum Gasteiger partial charge on any atom is -0.352 e. The number of imidazole rings is 1. The van der Waals surface area contributed by atoms with Gasteiger partial charge in [-0.2, -0.15) is 0 Å². The first kappa shape index (κ1) is 19.0. The van der Waals surface area contributed by atoms with Gasteiger partial charge in [0.05, 0.1) is 16.9 Å². The minimum absolute atomic E-state index is 0.0159. The number of rotatable bonds is 3. The summed E-state index contributed by atoms with van der Waals surface area (Å²) in [5, 5.41) is 0.518. The number of anilines is 2. The number of fused-ring (bicyclic) bond motifs is 1. The van der Waals surface area contributed by atoms with Gasteiger partial charge in [-0.1, -0.05) is 11.6 Å². The van der Waals surface area contributed by atoms with Crippen molar-refractivity contribution in [3.63, 3.8) is 0 Å². The second-order valence-electron chi connectivity index (χ2n) is 7.73. The van der Waals surface area contributed by atoms with E-state index in [2.05, 4.69) is 29.7 Å². The monoisotopic (exact) mass is 426 g/mol. The number of halogens is 1. The summed E-state index contributed by atoms with van der Waals surface area (Å²) >= 11 is 6.53. The lowest BCUT2D eigenvalue weighted by atomic mass is 10.2. The predicted octanol–water partition coefficient (Wildman–Crippen LogP) is 1.97. The van der Waals surface area contributed by atoms with Crippen LogP contribution in [0.1, 0.15) is 23.2 Å². The molecule has 0 atom stereocenters. The molecule has 0 bridgehead atoms. The van der Waals surface area contributed by atoms with E-state index in [-0.39, 0.29) is 5.91 Å². The highest BCUT2D eigenvalue weighted by molar-refractivity contribution is 6.33. The van der Waals surface area contributed by atoms with Gasteiger partial charge in [-0.05, 0) is 18.9 Å². The zero-order valence-corrected chi connectivity index (χ0v) is 17.6. The van der Waals surface area contributed by atoms with Gasteiger partial charge in [-0.25, -0.2) is 19.9 Å². The Balaban J connectivity index is 1.30. The number of pyridine rings is 1. The van der Waals surface area contributed by atoms with E-state index in [9.17, 15) is 4.79 Å². The van der Waals surface area contributed by atoms with Crippen LogP contribution in [0.4, 0.5) is 11.6 Å². The number of carbonyl (C=O) groups excluding carboxylic acids is 1. The van der Waals surface area contributed by atoms with E-state index >= 15 is 0 Å². The van der Waals surface area contributed by atoms with E-state index in [0.29, 0.717) is 16.2 Å². The van der Waals surface area contributed by atoms with Crippen molar-refractivity contribution in [1.82, 2.24) is 29.4 Å². The number of nitrogens with zero attached hydrogens (tertiary/aromatic N) is 8. The summed E-state index contributed by atoms with van der Waals surface area (Å²) in [4.78, 5) is 36.4. The Kier molecular flexibility index (Phi) is 4.90. The van der Waals surface area contributed by atoms with Crippen LogP contribution in [0.2, 0.25) is 5.02 Å². The van der Waals surface area contributed by atoms with E-state index < -0.39 is 0 Å². The first-order valence-electron chi connectivity index (χ1n) is 10.2. The van der Waals surface area contributed by atoms with Crippen LogP contribution in [0.25, 0.3) is 11.2 Å². The van der Waals surface area contributed by atoms with Gasteiger partial charge in [-0.15, -0.1) is 0 Å². The molecule has 1 amide bonds. The van der Waals surface area contributed by atoms with E-state index in [1.54, 1.807) is 24.9 Å². The van der Waals surface area contributed by atoms with Crippen LogP contribution >= 0.6 is 11.6 Å². The maximum absolute atomic E-state index is 12.6. The summed E-state index contributed by atoms with van der Waals surface area (Å²) in [7, 11) is 1.95. The molecule has 0 aromatic carbocycles. The third kappa shape index (κ3) is 3.32. The Morgan fingerprint density at radius 2 is 1.63 bits per heavy atom. The first-order chi connectivity index (χ1) is 14.6. The molecule has 0 aliphatic carbocycles. The quantitative estimate of drug-likeness (QED) is 0.633. The average molecular weight is 427 g/mol. The molecule has 156 valence electrons. The highest BCUT2D eigenvalue weighted by atomic mass is 35.5. The van der Waals surface area contributed by atoms with E-state index in [4.69, 9.17) is 11.6 Å². The number of aryl methyl sites for hydroxylation is 1. The van der Waals surface area contributed by atoms with Crippen LogP contribution in [0.5, 0.6) is 0 Å². The molecule has 0 radical (unpaired) electrons. The Morgan fingerprint density at radius 3 is 2.33 bits per heavy atom. The molecule has 0 N–H and O–H groups in total. The fourth-order valence-corrected chi connectivity index (χ4v) is 4.50. The summed E-state index contributed by atoms with van der Waals surface area (Å²) in [5.74, 6) is 1.63. The van der Waals surface area contributed by atoms with Gasteiger partial charge in [0, 0.05) is 52.5 Å². The van der Waals surface area contributed by atoms with Crippen LogP contribution in [0.3, 0.4) is 0 Å². The van der Waals surface area contributed by atoms with Gasteiger partial charge in [0.2, 0.25) is 0 Å². The van der Waals surface area contributed by atoms with Crippen LogP contribution in [-0.2, 0) is 7.05 Å². The summed E-state index contributed by atoms with van der Waals surface area (Å²) < 4.78 is 1.95. The van der Waals surface area contributed by atoms with Gasteiger partial charge in [0.1, 0.15) is 17.7 Å². The second-order valence-corrected chi connectivity index (χ2v) is 8.13. The normalized spacial score (nSPS) is 17.2. The zero-order chi connectivity index (χ0) is 20.7.